The number of hydrogen-bond acceptors (Lipinski definition) is 2. The van der Waals surface area contributed by atoms with Crippen LogP contribution in [0.25, 0.3) is 0 Å². The van der Waals surface area contributed by atoms with Crippen molar-refractivity contribution in [2.45, 2.75) is 19.5 Å². The van der Waals surface area contributed by atoms with Crippen molar-refractivity contribution in [3.05, 3.63) is 22.3 Å². The van der Waals surface area contributed by atoms with Crippen LogP contribution in [-0.4, -0.2) is 17.1 Å². The Kier molecular flexibility index (Phi) is 3.90. The number of alkyl halides is 3. The number of aryl methyl sites for hydroxylation is 1. The average Bonchev–Trinajstić information content (AvgIpc) is 2.08. The molecule has 0 saturated carbocycles. The SMILES string of the molecule is Cc1cc(NC(=O)CC(F)(F)F)ncc1Br. The average molecular weight is 297 g/mol. The van der Waals surface area contributed by atoms with Gasteiger partial charge in [-0.1, -0.05) is 0 Å². The van der Waals surface area contributed by atoms with Gasteiger partial charge in [0.25, 0.3) is 0 Å². The first-order valence-electron chi connectivity index (χ1n) is 4.26. The third kappa shape index (κ3) is 4.18. The van der Waals surface area contributed by atoms with E-state index in [9.17, 15) is 18.0 Å². The molecule has 0 aromatic carbocycles. The Balaban J connectivity index is 2.67. The van der Waals surface area contributed by atoms with Gasteiger partial charge in [-0.2, -0.15) is 13.2 Å². The van der Waals surface area contributed by atoms with E-state index in [2.05, 4.69) is 26.2 Å². The number of nitrogens with zero attached hydrogens (tertiary/aromatic N) is 1. The topological polar surface area (TPSA) is 42.0 Å². The molecule has 1 aromatic rings. The van der Waals surface area contributed by atoms with Crippen LogP contribution in [0.2, 0.25) is 0 Å². The fraction of sp³-hybridized carbons (Fsp3) is 0.333. The van der Waals surface area contributed by atoms with E-state index in [1.165, 1.54) is 12.3 Å². The Hall–Kier alpha value is -1.11. The van der Waals surface area contributed by atoms with Crippen molar-refractivity contribution in [2.75, 3.05) is 5.32 Å². The lowest BCUT2D eigenvalue weighted by Crippen LogP contribution is -2.21. The van der Waals surface area contributed by atoms with Crippen LogP contribution >= 0.6 is 15.9 Å². The number of amides is 1. The van der Waals surface area contributed by atoms with Gasteiger partial charge in [0, 0.05) is 10.7 Å². The molecule has 1 N–H and O–H groups in total. The van der Waals surface area contributed by atoms with Gasteiger partial charge in [-0.05, 0) is 34.5 Å². The molecule has 0 radical (unpaired) electrons. The van der Waals surface area contributed by atoms with Crippen LogP contribution in [0, 0.1) is 6.92 Å². The highest BCUT2D eigenvalue weighted by Gasteiger charge is 2.31. The Morgan fingerprint density at radius 3 is 2.69 bits per heavy atom. The quantitative estimate of drug-likeness (QED) is 0.911. The van der Waals surface area contributed by atoms with E-state index >= 15 is 0 Å². The van der Waals surface area contributed by atoms with Crippen molar-refractivity contribution in [3.63, 3.8) is 0 Å². The van der Waals surface area contributed by atoms with Crippen molar-refractivity contribution in [3.8, 4) is 0 Å². The zero-order valence-electron chi connectivity index (χ0n) is 8.23. The fourth-order valence-electron chi connectivity index (χ4n) is 0.977. The van der Waals surface area contributed by atoms with Gasteiger partial charge in [0.15, 0.2) is 0 Å². The number of rotatable bonds is 2. The minimum Gasteiger partial charge on any atom is -0.310 e. The van der Waals surface area contributed by atoms with Crippen LogP contribution in [0.15, 0.2) is 16.7 Å². The Labute approximate surface area is 98.2 Å². The molecule has 0 spiro atoms. The highest BCUT2D eigenvalue weighted by molar-refractivity contribution is 9.10. The fourth-order valence-corrected chi connectivity index (χ4v) is 1.19. The van der Waals surface area contributed by atoms with Crippen LogP contribution in [0.4, 0.5) is 19.0 Å². The lowest BCUT2D eigenvalue weighted by Gasteiger charge is -2.07. The van der Waals surface area contributed by atoms with Crippen molar-refractivity contribution in [2.24, 2.45) is 0 Å². The summed E-state index contributed by atoms with van der Waals surface area (Å²) < 4.78 is 36.3. The number of hydrogen-bond donors (Lipinski definition) is 1. The molecule has 16 heavy (non-hydrogen) atoms. The zero-order valence-corrected chi connectivity index (χ0v) is 9.82. The summed E-state index contributed by atoms with van der Waals surface area (Å²) in [6, 6.07) is 1.48. The molecule has 7 heteroatoms. The van der Waals surface area contributed by atoms with Crippen LogP contribution in [-0.2, 0) is 4.79 Å². The summed E-state index contributed by atoms with van der Waals surface area (Å²) in [4.78, 5) is 14.7. The summed E-state index contributed by atoms with van der Waals surface area (Å²) in [7, 11) is 0. The van der Waals surface area contributed by atoms with Gasteiger partial charge < -0.3 is 5.32 Å². The standard InChI is InChI=1S/C9H8BrF3N2O/c1-5-2-7(14-4-6(5)10)15-8(16)3-9(11,12)13/h2,4H,3H2,1H3,(H,14,15,16). The summed E-state index contributed by atoms with van der Waals surface area (Å²) in [5.74, 6) is -1.02. The van der Waals surface area contributed by atoms with Crippen molar-refractivity contribution < 1.29 is 18.0 Å². The molecular weight excluding hydrogens is 289 g/mol. The van der Waals surface area contributed by atoms with E-state index in [0.29, 0.717) is 0 Å². The molecule has 0 aliphatic carbocycles. The third-order valence-electron chi connectivity index (χ3n) is 1.68. The maximum absolute atomic E-state index is 11.9. The van der Waals surface area contributed by atoms with E-state index in [1.54, 1.807) is 6.92 Å². The second-order valence-corrected chi connectivity index (χ2v) is 4.01. The van der Waals surface area contributed by atoms with Gasteiger partial charge in [0.1, 0.15) is 12.2 Å². The lowest BCUT2D eigenvalue weighted by atomic mass is 10.3. The highest BCUT2D eigenvalue weighted by atomic mass is 79.9. The van der Waals surface area contributed by atoms with Crippen molar-refractivity contribution >= 4 is 27.7 Å². The molecular formula is C9H8BrF3N2O. The van der Waals surface area contributed by atoms with Crippen LogP contribution in [0.5, 0.6) is 0 Å². The molecule has 0 aliphatic heterocycles. The summed E-state index contributed by atoms with van der Waals surface area (Å²) in [5, 5.41) is 2.08. The molecule has 0 bridgehead atoms. The number of aromatic nitrogens is 1. The predicted molar refractivity (Wildman–Crippen MR) is 56.0 cm³/mol. The van der Waals surface area contributed by atoms with Gasteiger partial charge in [0.05, 0.1) is 0 Å². The number of carbonyl (C=O) groups is 1. The minimum absolute atomic E-state index is 0.106. The third-order valence-corrected chi connectivity index (χ3v) is 2.51. The first kappa shape index (κ1) is 13.0. The van der Waals surface area contributed by atoms with E-state index in [1.807, 2.05) is 0 Å². The Bertz CT molecular complexity index is 406. The largest absolute Gasteiger partial charge is 0.397 e. The second-order valence-electron chi connectivity index (χ2n) is 3.16. The van der Waals surface area contributed by atoms with Gasteiger partial charge in [0.2, 0.25) is 5.91 Å². The second kappa shape index (κ2) is 4.82. The first-order valence-corrected chi connectivity index (χ1v) is 5.06. The van der Waals surface area contributed by atoms with E-state index in [0.717, 1.165) is 10.0 Å². The predicted octanol–water partition coefficient (Wildman–Crippen LogP) is 3.04. The number of anilines is 1. The summed E-state index contributed by atoms with van der Waals surface area (Å²) >= 11 is 3.19. The Morgan fingerprint density at radius 1 is 1.56 bits per heavy atom. The van der Waals surface area contributed by atoms with Crippen molar-refractivity contribution in [1.29, 1.82) is 0 Å². The maximum Gasteiger partial charge on any atom is 0.397 e. The monoisotopic (exact) mass is 296 g/mol. The summed E-state index contributed by atoms with van der Waals surface area (Å²) in [6.07, 6.45) is -4.60. The molecule has 0 unspecified atom stereocenters. The molecule has 3 nitrogen and oxygen atoms in total. The minimum atomic E-state index is -4.51. The van der Waals surface area contributed by atoms with Crippen molar-refractivity contribution in [1.82, 2.24) is 4.98 Å². The maximum atomic E-state index is 11.9. The number of pyridine rings is 1. The normalized spacial score (nSPS) is 11.3. The zero-order chi connectivity index (χ0) is 12.3. The molecule has 0 saturated heterocycles. The molecule has 1 rings (SSSR count). The van der Waals surface area contributed by atoms with Gasteiger partial charge >= 0.3 is 6.18 Å². The first-order chi connectivity index (χ1) is 7.28. The highest BCUT2D eigenvalue weighted by Crippen LogP contribution is 2.21. The molecule has 88 valence electrons. The van der Waals surface area contributed by atoms with E-state index in [-0.39, 0.29) is 5.82 Å². The smallest absolute Gasteiger partial charge is 0.310 e. The molecule has 1 heterocycles. The van der Waals surface area contributed by atoms with Gasteiger partial charge in [-0.3, -0.25) is 4.79 Å². The molecule has 0 fully saturated rings. The van der Waals surface area contributed by atoms with Crippen LogP contribution in [0.1, 0.15) is 12.0 Å². The summed E-state index contributed by atoms with van der Waals surface area (Å²) in [5.41, 5.74) is 0.775. The van der Waals surface area contributed by atoms with Crippen LogP contribution < -0.4 is 5.32 Å². The Morgan fingerprint density at radius 2 is 2.19 bits per heavy atom. The summed E-state index contributed by atoms with van der Waals surface area (Å²) in [6.45, 7) is 1.74. The van der Waals surface area contributed by atoms with Gasteiger partial charge in [-0.15, -0.1) is 0 Å². The van der Waals surface area contributed by atoms with E-state index < -0.39 is 18.5 Å². The number of carbonyl (C=O) groups excluding carboxylic acids is 1. The molecule has 1 amide bonds. The van der Waals surface area contributed by atoms with Crippen LogP contribution in [0.3, 0.4) is 0 Å². The number of halogens is 4. The molecule has 0 aliphatic rings. The molecule has 0 atom stereocenters. The van der Waals surface area contributed by atoms with E-state index in [4.69, 9.17) is 0 Å². The number of nitrogens with one attached hydrogen (secondary N) is 1. The molecule has 1 aromatic heterocycles. The lowest BCUT2D eigenvalue weighted by molar-refractivity contribution is -0.150. The van der Waals surface area contributed by atoms with Gasteiger partial charge in [-0.25, -0.2) is 4.98 Å².